The maximum absolute atomic E-state index is 12.0. The highest BCUT2D eigenvalue weighted by atomic mass is 35.5. The van der Waals surface area contributed by atoms with E-state index in [1.54, 1.807) is 11.4 Å². The van der Waals surface area contributed by atoms with E-state index < -0.39 is 5.91 Å². The first-order chi connectivity index (χ1) is 9.58. The van der Waals surface area contributed by atoms with Crippen LogP contribution in [0.25, 0.3) is 6.08 Å². The van der Waals surface area contributed by atoms with Crippen molar-refractivity contribution in [1.82, 2.24) is 9.59 Å². The number of nitrogens with one attached hydrogen (secondary N) is 1. The van der Waals surface area contributed by atoms with Crippen molar-refractivity contribution in [2.45, 2.75) is 0 Å². The second-order valence-electron chi connectivity index (χ2n) is 3.61. The number of nitrogens with zero attached hydrogens (tertiary/aromatic N) is 3. The highest BCUT2D eigenvalue weighted by Gasteiger charge is 2.11. The largest absolute Gasteiger partial charge is 0.321 e. The van der Waals surface area contributed by atoms with Crippen LogP contribution in [0.5, 0.6) is 0 Å². The van der Waals surface area contributed by atoms with Gasteiger partial charge in [0.05, 0.1) is 5.69 Å². The zero-order valence-corrected chi connectivity index (χ0v) is 12.1. The molecule has 0 saturated carbocycles. The number of halogens is 2. The molecule has 1 N–H and O–H groups in total. The van der Waals surface area contributed by atoms with Crippen molar-refractivity contribution >= 4 is 52.4 Å². The Hall–Kier alpha value is -1.94. The van der Waals surface area contributed by atoms with Crippen molar-refractivity contribution in [3.63, 3.8) is 0 Å². The van der Waals surface area contributed by atoms with Gasteiger partial charge in [-0.15, -0.1) is 5.10 Å². The SMILES string of the molecule is N#C/C(=C\c1csnn1)C(=O)Nc1cc(Cl)cc(Cl)c1. The number of amides is 1. The number of nitriles is 1. The Morgan fingerprint density at radius 3 is 2.60 bits per heavy atom. The van der Waals surface area contributed by atoms with E-state index in [1.807, 2.05) is 6.07 Å². The van der Waals surface area contributed by atoms with Gasteiger partial charge in [-0.25, -0.2) is 0 Å². The second kappa shape index (κ2) is 6.48. The van der Waals surface area contributed by atoms with E-state index in [0.717, 1.165) is 11.5 Å². The van der Waals surface area contributed by atoms with E-state index >= 15 is 0 Å². The lowest BCUT2D eigenvalue weighted by Gasteiger charge is -2.05. The zero-order chi connectivity index (χ0) is 14.5. The average Bonchev–Trinajstić information content (AvgIpc) is 2.87. The molecule has 0 aliphatic heterocycles. The van der Waals surface area contributed by atoms with Crippen LogP contribution in [0.3, 0.4) is 0 Å². The van der Waals surface area contributed by atoms with E-state index in [0.29, 0.717) is 21.4 Å². The van der Waals surface area contributed by atoms with Gasteiger partial charge in [0.25, 0.3) is 5.91 Å². The maximum Gasteiger partial charge on any atom is 0.266 e. The Morgan fingerprint density at radius 1 is 1.35 bits per heavy atom. The van der Waals surface area contributed by atoms with Gasteiger partial charge in [-0.2, -0.15) is 5.26 Å². The third kappa shape index (κ3) is 3.78. The Kier molecular flexibility index (Phi) is 4.69. The predicted molar refractivity (Wildman–Crippen MR) is 78.6 cm³/mol. The molecule has 1 amide bonds. The van der Waals surface area contributed by atoms with E-state index in [1.165, 1.54) is 18.2 Å². The summed E-state index contributed by atoms with van der Waals surface area (Å²) in [6.45, 7) is 0. The van der Waals surface area contributed by atoms with Crippen molar-refractivity contribution < 1.29 is 4.79 Å². The Labute approximate surface area is 128 Å². The number of rotatable bonds is 3. The van der Waals surface area contributed by atoms with E-state index in [2.05, 4.69) is 14.9 Å². The molecule has 1 heterocycles. The summed E-state index contributed by atoms with van der Waals surface area (Å²) in [7, 11) is 0. The molecule has 2 rings (SSSR count). The summed E-state index contributed by atoms with van der Waals surface area (Å²) in [6, 6.07) is 6.42. The molecule has 0 aliphatic rings. The standard InChI is InChI=1S/C12H6Cl2N4OS/c13-8-2-9(14)4-10(3-8)16-12(19)7(5-15)1-11-6-20-18-17-11/h1-4,6H,(H,16,19)/b7-1+. The molecule has 0 radical (unpaired) electrons. The lowest BCUT2D eigenvalue weighted by molar-refractivity contribution is -0.112. The fourth-order valence-electron chi connectivity index (χ4n) is 1.36. The van der Waals surface area contributed by atoms with E-state index in [4.69, 9.17) is 28.5 Å². The van der Waals surface area contributed by atoms with Crippen LogP contribution >= 0.6 is 34.7 Å². The van der Waals surface area contributed by atoms with Crippen LogP contribution in [0.4, 0.5) is 5.69 Å². The van der Waals surface area contributed by atoms with Gasteiger partial charge in [0, 0.05) is 21.1 Å². The molecule has 2 aromatic rings. The maximum atomic E-state index is 12.0. The molecule has 1 aromatic heterocycles. The summed E-state index contributed by atoms with van der Waals surface area (Å²) in [5.74, 6) is -0.571. The lowest BCUT2D eigenvalue weighted by Crippen LogP contribution is -2.13. The minimum absolute atomic E-state index is 0.0891. The van der Waals surface area contributed by atoms with Crippen molar-refractivity contribution in [2.75, 3.05) is 5.32 Å². The molecule has 20 heavy (non-hydrogen) atoms. The summed E-state index contributed by atoms with van der Waals surface area (Å²) in [5, 5.41) is 17.7. The van der Waals surface area contributed by atoms with Crippen LogP contribution in [0.15, 0.2) is 29.2 Å². The third-order valence-corrected chi connectivity index (χ3v) is 3.11. The highest BCUT2D eigenvalue weighted by molar-refractivity contribution is 7.03. The van der Waals surface area contributed by atoms with Gasteiger partial charge in [0.1, 0.15) is 11.6 Å². The van der Waals surface area contributed by atoms with Crippen LogP contribution in [0.2, 0.25) is 10.0 Å². The monoisotopic (exact) mass is 324 g/mol. The molecule has 8 heteroatoms. The zero-order valence-electron chi connectivity index (χ0n) is 9.80. The average molecular weight is 325 g/mol. The molecule has 1 aromatic carbocycles. The first kappa shape index (κ1) is 14.5. The van der Waals surface area contributed by atoms with Crippen molar-refractivity contribution in [1.29, 1.82) is 5.26 Å². The second-order valence-corrected chi connectivity index (χ2v) is 5.09. The number of anilines is 1. The van der Waals surface area contributed by atoms with Gasteiger partial charge < -0.3 is 5.32 Å². The Morgan fingerprint density at radius 2 is 2.05 bits per heavy atom. The van der Waals surface area contributed by atoms with Gasteiger partial charge in [-0.3, -0.25) is 4.79 Å². The number of benzene rings is 1. The van der Waals surface area contributed by atoms with Crippen molar-refractivity contribution in [3.05, 3.63) is 44.9 Å². The van der Waals surface area contributed by atoms with E-state index in [-0.39, 0.29) is 5.57 Å². The van der Waals surface area contributed by atoms with Crippen LogP contribution in [0, 0.1) is 11.3 Å². The molecule has 100 valence electrons. The van der Waals surface area contributed by atoms with Crippen molar-refractivity contribution in [2.24, 2.45) is 0 Å². The summed E-state index contributed by atoms with van der Waals surface area (Å²) < 4.78 is 3.65. The minimum Gasteiger partial charge on any atom is -0.321 e. The number of carbonyl (C=O) groups is 1. The molecule has 5 nitrogen and oxygen atoms in total. The quantitative estimate of drug-likeness (QED) is 0.693. The summed E-state index contributed by atoms with van der Waals surface area (Å²) >= 11 is 12.8. The number of carbonyl (C=O) groups excluding carboxylic acids is 1. The molecular formula is C12H6Cl2N4OS. The van der Waals surface area contributed by atoms with Crippen LogP contribution < -0.4 is 5.32 Å². The molecule has 0 atom stereocenters. The number of hydrogen-bond donors (Lipinski definition) is 1. The summed E-state index contributed by atoms with van der Waals surface area (Å²) in [5.41, 5.74) is 0.768. The number of hydrogen-bond acceptors (Lipinski definition) is 5. The van der Waals surface area contributed by atoms with Crippen molar-refractivity contribution in [3.8, 4) is 6.07 Å². The van der Waals surface area contributed by atoms with Crippen LogP contribution in [-0.4, -0.2) is 15.5 Å². The summed E-state index contributed by atoms with van der Waals surface area (Å²) in [6.07, 6.45) is 1.35. The highest BCUT2D eigenvalue weighted by Crippen LogP contribution is 2.22. The normalized spacial score (nSPS) is 10.9. The lowest BCUT2D eigenvalue weighted by atomic mass is 10.2. The molecule has 0 spiro atoms. The fourth-order valence-corrected chi connectivity index (χ4v) is 2.29. The van der Waals surface area contributed by atoms with Gasteiger partial charge in [0.2, 0.25) is 0 Å². The molecule has 0 bridgehead atoms. The van der Waals surface area contributed by atoms with E-state index in [9.17, 15) is 4.79 Å². The van der Waals surface area contributed by atoms with Gasteiger partial charge in [-0.05, 0) is 35.8 Å². The topological polar surface area (TPSA) is 78.7 Å². The number of aromatic nitrogens is 2. The van der Waals surface area contributed by atoms with Crippen LogP contribution in [-0.2, 0) is 4.79 Å². The molecule has 0 saturated heterocycles. The fraction of sp³-hybridized carbons (Fsp3) is 0. The van der Waals surface area contributed by atoms with Gasteiger partial charge in [-0.1, -0.05) is 27.7 Å². The van der Waals surface area contributed by atoms with Crippen LogP contribution in [0.1, 0.15) is 5.69 Å². The smallest absolute Gasteiger partial charge is 0.266 e. The molecule has 0 aliphatic carbocycles. The van der Waals surface area contributed by atoms with Gasteiger partial charge in [0.15, 0.2) is 0 Å². The minimum atomic E-state index is -0.571. The first-order valence-corrected chi connectivity index (χ1v) is 6.84. The third-order valence-electron chi connectivity index (χ3n) is 2.15. The summed E-state index contributed by atoms with van der Waals surface area (Å²) in [4.78, 5) is 12.0. The molecular weight excluding hydrogens is 319 g/mol. The molecule has 0 unspecified atom stereocenters. The first-order valence-electron chi connectivity index (χ1n) is 5.25. The Bertz CT molecular complexity index is 686. The van der Waals surface area contributed by atoms with Gasteiger partial charge >= 0.3 is 0 Å². The Balaban J connectivity index is 2.20. The molecule has 0 fully saturated rings. The predicted octanol–water partition coefficient (Wildman–Crippen LogP) is 3.39.